The van der Waals surface area contributed by atoms with Gasteiger partial charge in [-0.25, -0.2) is 0 Å². The smallest absolute Gasteiger partial charge is 0.289 e. The molecule has 0 aromatic heterocycles. The van der Waals surface area contributed by atoms with Gasteiger partial charge in [0.15, 0.2) is 0 Å². The third-order valence-corrected chi connectivity index (χ3v) is 0.305. The molecule has 1 radical (unpaired) electrons. The highest BCUT2D eigenvalue weighted by Crippen LogP contribution is 1.63. The highest BCUT2D eigenvalue weighted by molar-refractivity contribution is 5.47. The van der Waals surface area contributed by atoms with Crippen LogP contribution in [0.2, 0.25) is 0 Å². The minimum Gasteiger partial charge on any atom is -0.474 e. The van der Waals surface area contributed by atoms with Gasteiger partial charge in [0, 0.05) is 0 Å². The van der Waals surface area contributed by atoms with Gasteiger partial charge in [-0.1, -0.05) is 0 Å². The Kier molecular flexibility index (Phi) is 4.22. The second-order valence-corrected chi connectivity index (χ2v) is 0.736. The summed E-state index contributed by atoms with van der Waals surface area (Å²) in [5, 5.41) is 7.73. The number of nitrogens with zero attached hydrogens (tertiary/aromatic N) is 2. The third-order valence-electron chi connectivity index (χ3n) is 0.305. The van der Waals surface area contributed by atoms with Crippen LogP contribution in [0.1, 0.15) is 6.92 Å². The van der Waals surface area contributed by atoms with E-state index in [1.807, 2.05) is 6.40 Å². The molecule has 3 heteroatoms. The SMILES string of the molecule is CCO/[C]=N\C#N. The summed E-state index contributed by atoms with van der Waals surface area (Å²) in [6.45, 7) is 2.30. The molecule has 0 rings (SSSR count). The fourth-order valence-electron chi connectivity index (χ4n) is 0.117. The van der Waals surface area contributed by atoms with E-state index in [1.54, 1.807) is 6.92 Å². The lowest BCUT2D eigenvalue weighted by Crippen LogP contribution is -1.82. The van der Waals surface area contributed by atoms with Gasteiger partial charge in [0.1, 0.15) is 0 Å². The molecule has 7 heavy (non-hydrogen) atoms. The number of hydrogen-bond donors (Lipinski definition) is 0. The van der Waals surface area contributed by atoms with Gasteiger partial charge in [-0.05, 0) is 6.92 Å². The quantitative estimate of drug-likeness (QED) is 0.284. The van der Waals surface area contributed by atoms with E-state index in [0.29, 0.717) is 6.61 Å². The zero-order valence-corrected chi connectivity index (χ0v) is 4.01. The van der Waals surface area contributed by atoms with E-state index in [-0.39, 0.29) is 0 Å². The van der Waals surface area contributed by atoms with Gasteiger partial charge >= 0.3 is 0 Å². The monoisotopic (exact) mass is 97.0 g/mol. The highest BCUT2D eigenvalue weighted by Gasteiger charge is 1.67. The summed E-state index contributed by atoms with van der Waals surface area (Å²) in [7, 11) is 0. The highest BCUT2D eigenvalue weighted by atomic mass is 16.5. The summed E-state index contributed by atoms with van der Waals surface area (Å²) in [5.41, 5.74) is 0. The Morgan fingerprint density at radius 1 is 1.86 bits per heavy atom. The Hall–Kier alpha value is -1.04. The second kappa shape index (κ2) is 4.96. The summed E-state index contributed by atoms with van der Waals surface area (Å²) in [5.74, 6) is 0. The molecule has 0 saturated heterocycles. The zero-order valence-electron chi connectivity index (χ0n) is 4.01. The molecule has 0 bridgehead atoms. The maximum atomic E-state index is 7.73. The number of hydrogen-bond acceptors (Lipinski definition) is 3. The molecule has 3 nitrogen and oxygen atoms in total. The van der Waals surface area contributed by atoms with Crippen LogP contribution >= 0.6 is 0 Å². The van der Waals surface area contributed by atoms with Crippen molar-refractivity contribution in [1.82, 2.24) is 0 Å². The molecule has 0 amide bonds. The molecule has 0 aromatic carbocycles. The number of aliphatic imine (C=N–C) groups is 1. The van der Waals surface area contributed by atoms with E-state index < -0.39 is 0 Å². The van der Waals surface area contributed by atoms with Crippen LogP contribution in [0.4, 0.5) is 0 Å². The molecule has 0 atom stereocenters. The fraction of sp³-hybridized carbons (Fsp3) is 0.500. The molecule has 0 aliphatic carbocycles. The molecule has 0 saturated carbocycles. The maximum Gasteiger partial charge on any atom is 0.289 e. The molecule has 0 aromatic rings. The van der Waals surface area contributed by atoms with Crippen molar-refractivity contribution in [3.63, 3.8) is 0 Å². The summed E-state index contributed by atoms with van der Waals surface area (Å²) in [4.78, 5) is 2.99. The van der Waals surface area contributed by atoms with Gasteiger partial charge in [0.05, 0.1) is 6.61 Å². The van der Waals surface area contributed by atoms with Gasteiger partial charge in [0.2, 0.25) is 6.19 Å². The molecule has 0 aliphatic heterocycles. The lowest BCUT2D eigenvalue weighted by Gasteiger charge is -1.82. The first-order valence-electron chi connectivity index (χ1n) is 1.87. The molecule has 0 aliphatic rings. The molecule has 0 N–H and O–H groups in total. The number of rotatable bonds is 2. The topological polar surface area (TPSA) is 45.4 Å². The van der Waals surface area contributed by atoms with Gasteiger partial charge < -0.3 is 4.74 Å². The molecule has 0 unspecified atom stereocenters. The third kappa shape index (κ3) is 4.96. The number of ether oxygens (including phenoxy) is 1. The van der Waals surface area contributed by atoms with Gasteiger partial charge in [-0.15, -0.1) is 4.99 Å². The average molecular weight is 97.1 g/mol. The van der Waals surface area contributed by atoms with Crippen LogP contribution in [0.15, 0.2) is 4.99 Å². The van der Waals surface area contributed by atoms with E-state index >= 15 is 0 Å². The standard InChI is InChI=1S/C4H5N2O/c1-2-7-4-6-3-5/h2H2,1H3. The first kappa shape index (κ1) is 5.96. The van der Waals surface area contributed by atoms with Crippen LogP contribution < -0.4 is 0 Å². The first-order chi connectivity index (χ1) is 3.41. The Morgan fingerprint density at radius 3 is 3.00 bits per heavy atom. The maximum absolute atomic E-state index is 7.73. The molecule has 0 fully saturated rings. The largest absolute Gasteiger partial charge is 0.474 e. The van der Waals surface area contributed by atoms with Crippen LogP contribution in [0.3, 0.4) is 0 Å². The Balaban J connectivity index is 2.97. The van der Waals surface area contributed by atoms with E-state index in [0.717, 1.165) is 0 Å². The van der Waals surface area contributed by atoms with E-state index in [9.17, 15) is 0 Å². The van der Waals surface area contributed by atoms with Gasteiger partial charge in [-0.2, -0.15) is 5.26 Å². The number of nitriles is 1. The van der Waals surface area contributed by atoms with Gasteiger partial charge in [-0.3, -0.25) is 0 Å². The Bertz CT molecular complexity index is 92.4. The van der Waals surface area contributed by atoms with Crippen LogP contribution in [0.25, 0.3) is 0 Å². The normalized spacial score (nSPS) is 8.57. The van der Waals surface area contributed by atoms with E-state index in [4.69, 9.17) is 5.26 Å². The summed E-state index contributed by atoms with van der Waals surface area (Å²) < 4.78 is 4.43. The fourth-order valence-corrected chi connectivity index (χ4v) is 0.117. The molecular formula is C4H5N2O. The second-order valence-electron chi connectivity index (χ2n) is 0.736. The Labute approximate surface area is 42.2 Å². The van der Waals surface area contributed by atoms with Crippen molar-refractivity contribution in [3.8, 4) is 6.19 Å². The lowest BCUT2D eigenvalue weighted by molar-refractivity contribution is 0.344. The molecule has 0 spiro atoms. The van der Waals surface area contributed by atoms with Crippen molar-refractivity contribution < 1.29 is 4.74 Å². The molecule has 0 heterocycles. The summed E-state index contributed by atoms with van der Waals surface area (Å²) >= 11 is 0. The van der Waals surface area contributed by atoms with Crippen molar-refractivity contribution in [3.05, 3.63) is 0 Å². The Morgan fingerprint density at radius 2 is 2.57 bits per heavy atom. The van der Waals surface area contributed by atoms with Crippen LogP contribution in [-0.4, -0.2) is 13.0 Å². The van der Waals surface area contributed by atoms with E-state index in [2.05, 4.69) is 9.73 Å². The van der Waals surface area contributed by atoms with E-state index in [1.165, 1.54) is 6.19 Å². The van der Waals surface area contributed by atoms with Crippen molar-refractivity contribution in [1.29, 1.82) is 5.26 Å². The first-order valence-corrected chi connectivity index (χ1v) is 1.87. The van der Waals surface area contributed by atoms with Crippen LogP contribution in [-0.2, 0) is 4.74 Å². The molecular weight excluding hydrogens is 92.1 g/mol. The predicted octanol–water partition coefficient (Wildman–Crippen LogP) is 0.409. The minimum absolute atomic E-state index is 0.505. The average Bonchev–Trinajstić information content (AvgIpc) is 1.69. The van der Waals surface area contributed by atoms with Crippen molar-refractivity contribution >= 4 is 6.40 Å². The van der Waals surface area contributed by atoms with Crippen molar-refractivity contribution in [2.75, 3.05) is 6.61 Å². The summed E-state index contributed by atoms with van der Waals surface area (Å²) in [6, 6.07) is 0. The van der Waals surface area contributed by atoms with Crippen LogP contribution in [0, 0.1) is 11.5 Å². The van der Waals surface area contributed by atoms with Crippen LogP contribution in [0.5, 0.6) is 0 Å². The predicted molar refractivity (Wildman–Crippen MR) is 24.7 cm³/mol. The lowest BCUT2D eigenvalue weighted by atomic mass is 10.9. The minimum atomic E-state index is 0.505. The zero-order chi connectivity index (χ0) is 5.54. The van der Waals surface area contributed by atoms with Crippen molar-refractivity contribution in [2.24, 2.45) is 4.99 Å². The summed E-state index contributed by atoms with van der Waals surface area (Å²) in [6.07, 6.45) is 3.54. The van der Waals surface area contributed by atoms with Gasteiger partial charge in [0.25, 0.3) is 6.40 Å². The van der Waals surface area contributed by atoms with Crippen molar-refractivity contribution in [2.45, 2.75) is 6.92 Å². The molecule has 37 valence electrons.